The van der Waals surface area contributed by atoms with Crippen LogP contribution in [0.15, 0.2) is 0 Å². The van der Waals surface area contributed by atoms with Crippen molar-refractivity contribution in [3.05, 3.63) is 0 Å². The van der Waals surface area contributed by atoms with Gasteiger partial charge in [-0.15, -0.1) is 0 Å². The topological polar surface area (TPSA) is 9.72 Å². The van der Waals surface area contributed by atoms with E-state index in [0.717, 1.165) is 0 Å². The van der Waals surface area contributed by atoms with Gasteiger partial charge in [-0.3, -0.25) is 0 Å². The Morgan fingerprint density at radius 2 is 2.07 bits per heavy atom. The average Bonchev–Trinajstić information content (AvgIpc) is 2.10. The van der Waals surface area contributed by atoms with Crippen molar-refractivity contribution in [3.63, 3.8) is 0 Å². The van der Waals surface area contributed by atoms with E-state index in [1.54, 1.807) is 0 Å². The molecule has 4 heteroatoms. The monoisotopic (exact) mass is 217 g/mol. The third-order valence-electron chi connectivity index (χ3n) is 2.73. The summed E-state index contributed by atoms with van der Waals surface area (Å²) in [5, 5.41) is 0. The molecule has 1 aliphatic heterocycles. The van der Waals surface area contributed by atoms with Crippen LogP contribution in [0.3, 0.4) is 0 Å². The molecule has 0 aromatic carbocycles. The van der Waals surface area contributed by atoms with E-state index < -0.39 is 0 Å². The van der Waals surface area contributed by atoms with E-state index in [2.05, 4.69) is 42.2 Å². The Labute approximate surface area is 92.6 Å². The van der Waals surface area contributed by atoms with Gasteiger partial charge in [0.2, 0.25) is 0 Å². The van der Waals surface area contributed by atoms with Crippen LogP contribution >= 0.6 is 11.9 Å². The molecule has 84 valence electrons. The number of rotatable bonds is 4. The fourth-order valence-corrected chi connectivity index (χ4v) is 2.72. The molecule has 0 amide bonds. The lowest BCUT2D eigenvalue weighted by Gasteiger charge is -2.36. The van der Waals surface area contributed by atoms with Crippen LogP contribution < -0.4 is 0 Å². The minimum atomic E-state index is 0.704. The summed E-state index contributed by atoms with van der Waals surface area (Å²) in [6, 6.07) is 0.704. The highest BCUT2D eigenvalue weighted by Gasteiger charge is 2.20. The normalized spacial score (nSPS) is 25.9. The maximum absolute atomic E-state index is 2.51. The van der Waals surface area contributed by atoms with Crippen LogP contribution in [0.5, 0.6) is 0 Å². The lowest BCUT2D eigenvalue weighted by molar-refractivity contribution is 0.167. The van der Waals surface area contributed by atoms with Crippen molar-refractivity contribution in [2.45, 2.75) is 13.0 Å². The van der Waals surface area contributed by atoms with Crippen molar-refractivity contribution in [1.29, 1.82) is 0 Å². The molecule has 1 heterocycles. The minimum absolute atomic E-state index is 0.704. The maximum Gasteiger partial charge on any atom is 0.0243 e. The van der Waals surface area contributed by atoms with Crippen LogP contribution in [0.25, 0.3) is 0 Å². The molecule has 0 radical (unpaired) electrons. The highest BCUT2D eigenvalue weighted by molar-refractivity contribution is 7.97. The number of nitrogens with zero attached hydrogens (tertiary/aromatic N) is 3. The molecule has 0 N–H and O–H groups in total. The molecule has 1 rings (SSSR count). The van der Waals surface area contributed by atoms with E-state index in [1.165, 1.54) is 31.9 Å². The summed E-state index contributed by atoms with van der Waals surface area (Å²) in [5.74, 6) is 1.21. The van der Waals surface area contributed by atoms with Gasteiger partial charge in [0.15, 0.2) is 0 Å². The second-order valence-corrected chi connectivity index (χ2v) is 5.54. The van der Waals surface area contributed by atoms with Crippen molar-refractivity contribution in [2.75, 3.05) is 53.1 Å². The fraction of sp³-hybridized carbons (Fsp3) is 1.00. The van der Waals surface area contributed by atoms with E-state index in [4.69, 9.17) is 0 Å². The van der Waals surface area contributed by atoms with E-state index >= 15 is 0 Å². The average molecular weight is 217 g/mol. The van der Waals surface area contributed by atoms with Crippen LogP contribution in [0.4, 0.5) is 0 Å². The zero-order chi connectivity index (χ0) is 10.6. The minimum Gasteiger partial charge on any atom is -0.309 e. The lowest BCUT2D eigenvalue weighted by atomic mass is 10.2. The molecule has 1 atom stereocenters. The van der Waals surface area contributed by atoms with Gasteiger partial charge in [0, 0.05) is 38.0 Å². The van der Waals surface area contributed by atoms with Crippen molar-refractivity contribution in [1.82, 2.24) is 14.1 Å². The summed E-state index contributed by atoms with van der Waals surface area (Å²) in [7, 11) is 6.48. The van der Waals surface area contributed by atoms with E-state index in [0.29, 0.717) is 6.04 Å². The number of hydrogen-bond acceptors (Lipinski definition) is 4. The van der Waals surface area contributed by atoms with Gasteiger partial charge in [0.1, 0.15) is 0 Å². The molecule has 0 aromatic heterocycles. The van der Waals surface area contributed by atoms with Gasteiger partial charge < -0.3 is 9.80 Å². The fourth-order valence-electron chi connectivity index (χ4n) is 1.48. The van der Waals surface area contributed by atoms with Crippen molar-refractivity contribution in [2.24, 2.45) is 0 Å². The summed E-state index contributed by atoms with van der Waals surface area (Å²) >= 11 is 2.00. The van der Waals surface area contributed by atoms with Crippen LogP contribution in [0.2, 0.25) is 0 Å². The van der Waals surface area contributed by atoms with Gasteiger partial charge in [0.25, 0.3) is 0 Å². The van der Waals surface area contributed by atoms with Gasteiger partial charge in [-0.1, -0.05) is 11.9 Å². The first kappa shape index (κ1) is 12.3. The van der Waals surface area contributed by atoms with E-state index in [1.807, 2.05) is 11.9 Å². The number of piperazine rings is 1. The summed E-state index contributed by atoms with van der Waals surface area (Å²) in [6.45, 7) is 7.09. The molecule has 1 unspecified atom stereocenters. The van der Waals surface area contributed by atoms with Gasteiger partial charge >= 0.3 is 0 Å². The van der Waals surface area contributed by atoms with Crippen LogP contribution in [0, 0.1) is 0 Å². The summed E-state index contributed by atoms with van der Waals surface area (Å²) in [5.41, 5.74) is 0. The van der Waals surface area contributed by atoms with E-state index in [-0.39, 0.29) is 0 Å². The molecule has 0 saturated carbocycles. The molecular formula is C10H23N3S. The molecular weight excluding hydrogens is 194 g/mol. The molecule has 0 aromatic rings. The Kier molecular flexibility index (Phi) is 5.23. The van der Waals surface area contributed by atoms with Crippen LogP contribution in [0.1, 0.15) is 6.92 Å². The third kappa shape index (κ3) is 4.17. The molecule has 14 heavy (non-hydrogen) atoms. The van der Waals surface area contributed by atoms with Gasteiger partial charge in [-0.05, 0) is 28.1 Å². The van der Waals surface area contributed by atoms with Crippen molar-refractivity contribution >= 4 is 11.9 Å². The molecule has 1 saturated heterocycles. The number of hydrogen-bond donors (Lipinski definition) is 0. The largest absolute Gasteiger partial charge is 0.309 e. The first-order valence-electron chi connectivity index (χ1n) is 5.32. The van der Waals surface area contributed by atoms with E-state index in [9.17, 15) is 0 Å². The molecule has 0 bridgehead atoms. The first-order valence-corrected chi connectivity index (χ1v) is 6.26. The molecule has 0 spiro atoms. The predicted molar refractivity (Wildman–Crippen MR) is 64.7 cm³/mol. The summed E-state index contributed by atoms with van der Waals surface area (Å²) in [4.78, 5) is 4.68. The standard InChI is InChI=1S/C10H23N3S/c1-10-9-13(6-5-12(10)4)14-8-7-11(2)3/h10H,5-9H2,1-4H3. The zero-order valence-electron chi connectivity index (χ0n) is 9.86. The second kappa shape index (κ2) is 5.95. The molecule has 3 nitrogen and oxygen atoms in total. The highest BCUT2D eigenvalue weighted by atomic mass is 32.2. The molecule has 0 aliphatic carbocycles. The second-order valence-electron chi connectivity index (χ2n) is 4.35. The third-order valence-corrected chi connectivity index (χ3v) is 3.80. The maximum atomic E-state index is 2.51. The lowest BCUT2D eigenvalue weighted by Crippen LogP contribution is -2.47. The summed E-state index contributed by atoms with van der Waals surface area (Å²) < 4.78 is 2.51. The first-order chi connectivity index (χ1) is 6.59. The van der Waals surface area contributed by atoms with Crippen molar-refractivity contribution in [3.8, 4) is 0 Å². The SMILES string of the molecule is CC1CN(SCCN(C)C)CCN1C. The highest BCUT2D eigenvalue weighted by Crippen LogP contribution is 2.16. The van der Waals surface area contributed by atoms with Crippen LogP contribution in [-0.4, -0.2) is 73.2 Å². The quantitative estimate of drug-likeness (QED) is 0.645. The number of likely N-dealkylation sites (N-methyl/N-ethyl adjacent to an activating group) is 1. The molecule has 1 fully saturated rings. The van der Waals surface area contributed by atoms with Crippen LogP contribution in [-0.2, 0) is 0 Å². The Morgan fingerprint density at radius 3 is 2.64 bits per heavy atom. The summed E-state index contributed by atoms with van der Waals surface area (Å²) in [6.07, 6.45) is 0. The predicted octanol–water partition coefficient (Wildman–Crippen LogP) is 0.832. The van der Waals surface area contributed by atoms with Crippen molar-refractivity contribution < 1.29 is 0 Å². The Hall–Kier alpha value is 0.230. The Bertz CT molecular complexity index is 163. The molecule has 1 aliphatic rings. The Morgan fingerprint density at radius 1 is 1.36 bits per heavy atom. The zero-order valence-corrected chi connectivity index (χ0v) is 10.7. The van der Waals surface area contributed by atoms with Gasteiger partial charge in [-0.2, -0.15) is 0 Å². The van der Waals surface area contributed by atoms with Gasteiger partial charge in [-0.25, -0.2) is 4.31 Å². The Balaban J connectivity index is 2.13. The smallest absolute Gasteiger partial charge is 0.0243 e. The van der Waals surface area contributed by atoms with Gasteiger partial charge in [0.05, 0.1) is 0 Å².